The number of alkyl halides is 3. The quantitative estimate of drug-likeness (QED) is 0.173. The van der Waals surface area contributed by atoms with Gasteiger partial charge in [-0.1, -0.05) is 0 Å². The molecule has 0 radical (unpaired) electrons. The summed E-state index contributed by atoms with van der Waals surface area (Å²) in [7, 11) is 0. The number of rotatable bonds is 8. The van der Waals surface area contributed by atoms with Crippen molar-refractivity contribution in [3.05, 3.63) is 72.0 Å². The number of imidazole rings is 1. The van der Waals surface area contributed by atoms with Crippen molar-refractivity contribution < 1.29 is 41.8 Å². The summed E-state index contributed by atoms with van der Waals surface area (Å²) >= 11 is 0. The van der Waals surface area contributed by atoms with Crippen LogP contribution in [0.25, 0.3) is 11.0 Å². The first-order valence-electron chi connectivity index (χ1n) is 11.2. The van der Waals surface area contributed by atoms with E-state index in [0.717, 1.165) is 0 Å². The number of carboxylic acids is 1. The monoisotopic (exact) mass is 545 g/mol. The van der Waals surface area contributed by atoms with Gasteiger partial charge in [-0.3, -0.25) is 14.9 Å². The molecule has 0 unspecified atom stereocenters. The minimum Gasteiger partial charge on any atom is -0.481 e. The van der Waals surface area contributed by atoms with Crippen LogP contribution in [0.3, 0.4) is 0 Å². The highest BCUT2D eigenvalue weighted by Gasteiger charge is 2.31. The van der Waals surface area contributed by atoms with Crippen molar-refractivity contribution in [2.24, 2.45) is 0 Å². The van der Waals surface area contributed by atoms with Crippen molar-refractivity contribution >= 4 is 46.3 Å². The molecule has 202 valence electrons. The molecular weight excluding hydrogens is 526 g/mol. The second-order valence-electron chi connectivity index (χ2n) is 8.10. The smallest absolute Gasteiger partial charge is 0.416 e. The van der Waals surface area contributed by atoms with Crippen molar-refractivity contribution in [2.45, 2.75) is 19.0 Å². The molecule has 4 aromatic rings. The molecule has 10 nitrogen and oxygen atoms in total. The van der Waals surface area contributed by atoms with E-state index in [1.165, 1.54) is 24.3 Å². The number of carbonyl (C=O) groups is 3. The van der Waals surface area contributed by atoms with Gasteiger partial charge in [-0.15, -0.1) is 0 Å². The number of aliphatic carboxylic acids is 1. The Labute approximate surface area is 217 Å². The van der Waals surface area contributed by atoms with E-state index < -0.39 is 41.2 Å². The van der Waals surface area contributed by atoms with E-state index in [2.05, 4.69) is 25.9 Å². The SMILES string of the molecule is O=C(O)CCC(=O)Nc1nc2ccc(Oc3ccc(NC(=O)Nc4cc(C(F)(F)F)ccc4F)cc3)cc2[nH]1. The number of halogens is 4. The number of ether oxygens (including phenoxy) is 1. The van der Waals surface area contributed by atoms with Gasteiger partial charge in [-0.25, -0.2) is 14.2 Å². The highest BCUT2D eigenvalue weighted by molar-refractivity contribution is 6.00. The topological polar surface area (TPSA) is 145 Å². The Morgan fingerprint density at radius 1 is 0.897 bits per heavy atom. The fraction of sp³-hybridized carbons (Fsp3) is 0.120. The lowest BCUT2D eigenvalue weighted by Gasteiger charge is -2.12. The van der Waals surface area contributed by atoms with Crippen molar-refractivity contribution in [1.29, 1.82) is 0 Å². The molecule has 14 heteroatoms. The van der Waals surface area contributed by atoms with E-state index in [1.54, 1.807) is 18.2 Å². The van der Waals surface area contributed by atoms with Crippen molar-refractivity contribution in [3.8, 4) is 11.5 Å². The molecule has 0 aliphatic rings. The minimum absolute atomic E-state index is 0.149. The predicted octanol–water partition coefficient (Wildman–Crippen LogP) is 5.96. The number of aromatic amines is 1. The van der Waals surface area contributed by atoms with Crippen LogP contribution in [0.15, 0.2) is 60.7 Å². The van der Waals surface area contributed by atoms with Gasteiger partial charge in [0.15, 0.2) is 0 Å². The van der Waals surface area contributed by atoms with E-state index in [-0.39, 0.29) is 24.5 Å². The Kier molecular flexibility index (Phi) is 7.65. The summed E-state index contributed by atoms with van der Waals surface area (Å²) in [6.07, 6.45) is -5.20. The second-order valence-corrected chi connectivity index (χ2v) is 8.10. The van der Waals surface area contributed by atoms with Crippen LogP contribution in [-0.2, 0) is 15.8 Å². The molecule has 1 heterocycles. The maximum absolute atomic E-state index is 13.9. The Balaban J connectivity index is 1.36. The average Bonchev–Trinajstić information content (AvgIpc) is 3.26. The number of H-pyrrole nitrogens is 1. The highest BCUT2D eigenvalue weighted by Crippen LogP contribution is 2.32. The summed E-state index contributed by atoms with van der Waals surface area (Å²) in [5.41, 5.74) is -0.402. The van der Waals surface area contributed by atoms with Gasteiger partial charge >= 0.3 is 18.2 Å². The highest BCUT2D eigenvalue weighted by atomic mass is 19.4. The van der Waals surface area contributed by atoms with Crippen molar-refractivity contribution in [1.82, 2.24) is 9.97 Å². The normalized spacial score (nSPS) is 11.2. The minimum atomic E-state index is -4.69. The van der Waals surface area contributed by atoms with Crippen LogP contribution in [0, 0.1) is 5.82 Å². The third-order valence-electron chi connectivity index (χ3n) is 5.17. The number of nitrogens with one attached hydrogen (secondary N) is 4. The molecule has 1 aromatic heterocycles. The molecule has 0 atom stereocenters. The lowest BCUT2D eigenvalue weighted by molar-refractivity contribution is -0.138. The first-order chi connectivity index (χ1) is 18.5. The van der Waals surface area contributed by atoms with Gasteiger partial charge in [-0.2, -0.15) is 13.2 Å². The number of nitrogens with zero attached hydrogens (tertiary/aromatic N) is 1. The summed E-state index contributed by atoms with van der Waals surface area (Å²) in [5, 5.41) is 15.6. The van der Waals surface area contributed by atoms with Crippen LogP contribution in [-0.4, -0.2) is 33.0 Å². The molecule has 0 saturated carbocycles. The fourth-order valence-electron chi connectivity index (χ4n) is 3.35. The fourth-order valence-corrected chi connectivity index (χ4v) is 3.35. The molecule has 3 aromatic carbocycles. The number of fused-ring (bicyclic) bond motifs is 1. The van der Waals surface area contributed by atoms with Gasteiger partial charge in [0.2, 0.25) is 11.9 Å². The first-order valence-corrected chi connectivity index (χ1v) is 11.2. The second kappa shape index (κ2) is 11.1. The lowest BCUT2D eigenvalue weighted by atomic mass is 10.2. The number of amides is 3. The van der Waals surface area contributed by atoms with Crippen LogP contribution < -0.4 is 20.7 Å². The molecule has 0 bridgehead atoms. The molecule has 0 aliphatic carbocycles. The Morgan fingerprint density at radius 2 is 1.62 bits per heavy atom. The van der Waals surface area contributed by atoms with Crippen LogP contribution in [0.1, 0.15) is 18.4 Å². The van der Waals surface area contributed by atoms with Gasteiger partial charge in [0, 0.05) is 18.2 Å². The zero-order chi connectivity index (χ0) is 28.2. The molecule has 3 amide bonds. The van der Waals surface area contributed by atoms with Crippen LogP contribution in [0.2, 0.25) is 0 Å². The van der Waals surface area contributed by atoms with Gasteiger partial charge in [0.05, 0.1) is 28.7 Å². The molecule has 39 heavy (non-hydrogen) atoms. The standard InChI is InChI=1S/C25H19F4N5O5/c26-17-7-1-13(25(27,28)29)11-19(17)33-24(38)30-14-2-4-15(5-3-14)39-16-6-8-18-20(12-16)32-23(31-18)34-21(35)9-10-22(36)37/h1-8,11-12H,9-10H2,(H,36,37)(H2,30,33,38)(H2,31,32,34,35). The molecule has 4 rings (SSSR count). The number of aromatic nitrogens is 2. The first kappa shape index (κ1) is 26.9. The Bertz CT molecular complexity index is 1540. The number of carboxylic acid groups (broad SMARTS) is 1. The van der Waals surface area contributed by atoms with Crippen molar-refractivity contribution in [2.75, 3.05) is 16.0 Å². The largest absolute Gasteiger partial charge is 0.481 e. The molecular formula is C25H19F4N5O5. The zero-order valence-electron chi connectivity index (χ0n) is 19.7. The molecule has 0 saturated heterocycles. The Morgan fingerprint density at radius 3 is 2.31 bits per heavy atom. The number of hydrogen-bond donors (Lipinski definition) is 5. The van der Waals surface area contributed by atoms with E-state index in [9.17, 15) is 31.9 Å². The number of hydrogen-bond acceptors (Lipinski definition) is 5. The molecule has 0 fully saturated rings. The van der Waals surface area contributed by atoms with E-state index in [1.807, 2.05) is 0 Å². The van der Waals surface area contributed by atoms with Crippen molar-refractivity contribution in [3.63, 3.8) is 0 Å². The zero-order valence-corrected chi connectivity index (χ0v) is 19.7. The number of carbonyl (C=O) groups excluding carboxylic acids is 2. The summed E-state index contributed by atoms with van der Waals surface area (Å²) in [5.74, 6) is -1.68. The van der Waals surface area contributed by atoms with Crippen LogP contribution in [0.5, 0.6) is 11.5 Å². The molecule has 0 aliphatic heterocycles. The summed E-state index contributed by atoms with van der Waals surface area (Å²) in [6.45, 7) is 0. The van der Waals surface area contributed by atoms with Gasteiger partial charge in [0.1, 0.15) is 17.3 Å². The van der Waals surface area contributed by atoms with Crippen LogP contribution in [0.4, 0.5) is 39.7 Å². The summed E-state index contributed by atoms with van der Waals surface area (Å²) < 4.78 is 58.2. The average molecular weight is 545 g/mol. The van der Waals surface area contributed by atoms with E-state index >= 15 is 0 Å². The molecule has 5 N–H and O–H groups in total. The van der Waals surface area contributed by atoms with E-state index in [4.69, 9.17) is 9.84 Å². The number of urea groups is 1. The van der Waals surface area contributed by atoms with E-state index in [0.29, 0.717) is 40.7 Å². The van der Waals surface area contributed by atoms with Crippen LogP contribution >= 0.6 is 0 Å². The lowest BCUT2D eigenvalue weighted by Crippen LogP contribution is -2.20. The van der Waals surface area contributed by atoms with Gasteiger partial charge in [-0.05, 0) is 54.6 Å². The van der Waals surface area contributed by atoms with Gasteiger partial charge in [0.25, 0.3) is 0 Å². The van der Waals surface area contributed by atoms with Gasteiger partial charge < -0.3 is 25.5 Å². The summed E-state index contributed by atoms with van der Waals surface area (Å²) in [6, 6.07) is 11.6. The maximum atomic E-state index is 13.9. The number of benzene rings is 3. The maximum Gasteiger partial charge on any atom is 0.416 e. The Hall–Kier alpha value is -5.14. The third kappa shape index (κ3) is 7.21. The predicted molar refractivity (Wildman–Crippen MR) is 132 cm³/mol. The third-order valence-corrected chi connectivity index (χ3v) is 5.17. The summed E-state index contributed by atoms with van der Waals surface area (Å²) in [4.78, 5) is 41.7. The number of anilines is 3. The molecule has 0 spiro atoms.